The standard InChI is InChI=1S/C27H30N2O4/c1-3-33-27(32)19-12-14-29(15-13-19)17-23-21-10-6-5-9-20(21)16-22(25(23)30)26(31)28-24-11-7-4-8-18(24)2/h4-11,16,19,30H,3,12-15,17H2,1-2H3,(H,28,31). The first kappa shape index (κ1) is 22.8. The molecule has 0 saturated carbocycles. The van der Waals surface area contributed by atoms with Gasteiger partial charge in [-0.1, -0.05) is 42.5 Å². The fourth-order valence-corrected chi connectivity index (χ4v) is 4.46. The summed E-state index contributed by atoms with van der Waals surface area (Å²) in [5.74, 6) is -0.528. The summed E-state index contributed by atoms with van der Waals surface area (Å²) in [6.45, 7) is 6.13. The Bertz CT molecular complexity index is 1170. The van der Waals surface area contributed by atoms with Gasteiger partial charge in [-0.05, 0) is 68.2 Å². The summed E-state index contributed by atoms with van der Waals surface area (Å²) >= 11 is 0. The molecule has 0 spiro atoms. The topological polar surface area (TPSA) is 78.9 Å². The minimum atomic E-state index is -0.338. The lowest BCUT2D eigenvalue weighted by Gasteiger charge is -2.31. The molecule has 2 N–H and O–H groups in total. The molecule has 33 heavy (non-hydrogen) atoms. The summed E-state index contributed by atoms with van der Waals surface area (Å²) in [4.78, 5) is 27.4. The third-order valence-electron chi connectivity index (χ3n) is 6.35. The number of ether oxygens (including phenoxy) is 1. The van der Waals surface area contributed by atoms with Gasteiger partial charge in [0.1, 0.15) is 5.75 Å². The van der Waals surface area contributed by atoms with Crippen LogP contribution in [0.2, 0.25) is 0 Å². The number of carbonyl (C=O) groups excluding carboxylic acids is 2. The number of nitrogens with zero attached hydrogens (tertiary/aromatic N) is 1. The molecular weight excluding hydrogens is 416 g/mol. The molecule has 1 amide bonds. The molecule has 4 rings (SSSR count). The highest BCUT2D eigenvalue weighted by Gasteiger charge is 2.27. The Labute approximate surface area is 194 Å². The predicted molar refractivity (Wildman–Crippen MR) is 129 cm³/mol. The highest BCUT2D eigenvalue weighted by Crippen LogP contribution is 2.34. The Morgan fingerprint density at radius 1 is 1.09 bits per heavy atom. The van der Waals surface area contributed by atoms with Gasteiger partial charge < -0.3 is 15.2 Å². The van der Waals surface area contributed by atoms with Gasteiger partial charge in [0.25, 0.3) is 5.91 Å². The number of nitrogens with one attached hydrogen (secondary N) is 1. The van der Waals surface area contributed by atoms with Crippen LogP contribution in [0.3, 0.4) is 0 Å². The van der Waals surface area contributed by atoms with E-state index in [0.29, 0.717) is 13.2 Å². The van der Waals surface area contributed by atoms with Crippen LogP contribution in [0.5, 0.6) is 5.75 Å². The Balaban J connectivity index is 1.59. The number of phenolic OH excluding ortho intramolecular Hbond substituents is 1. The molecule has 6 heteroatoms. The van der Waals surface area contributed by atoms with E-state index in [1.54, 1.807) is 6.07 Å². The van der Waals surface area contributed by atoms with Crippen molar-refractivity contribution < 1.29 is 19.4 Å². The minimum absolute atomic E-state index is 0.00676. The number of rotatable bonds is 6. The first-order chi connectivity index (χ1) is 16.0. The second-order valence-electron chi connectivity index (χ2n) is 8.54. The Kier molecular flexibility index (Phi) is 6.94. The summed E-state index contributed by atoms with van der Waals surface area (Å²) in [5, 5.41) is 15.9. The van der Waals surface area contributed by atoms with E-state index in [4.69, 9.17) is 4.74 Å². The van der Waals surface area contributed by atoms with Gasteiger partial charge in [-0.15, -0.1) is 0 Å². The molecule has 0 radical (unpaired) electrons. The smallest absolute Gasteiger partial charge is 0.309 e. The Morgan fingerprint density at radius 2 is 1.79 bits per heavy atom. The number of aromatic hydroxyl groups is 1. The molecule has 0 unspecified atom stereocenters. The van der Waals surface area contributed by atoms with Crippen molar-refractivity contribution in [2.24, 2.45) is 5.92 Å². The molecule has 0 aromatic heterocycles. The molecule has 1 heterocycles. The molecule has 172 valence electrons. The number of likely N-dealkylation sites (tertiary alicyclic amines) is 1. The first-order valence-corrected chi connectivity index (χ1v) is 11.5. The zero-order valence-corrected chi connectivity index (χ0v) is 19.1. The van der Waals surface area contributed by atoms with Crippen LogP contribution in [-0.2, 0) is 16.1 Å². The van der Waals surface area contributed by atoms with E-state index in [9.17, 15) is 14.7 Å². The number of piperidine rings is 1. The quantitative estimate of drug-likeness (QED) is 0.528. The molecule has 1 saturated heterocycles. The molecule has 1 aliphatic heterocycles. The normalized spacial score (nSPS) is 14.8. The van der Waals surface area contributed by atoms with Crippen LogP contribution < -0.4 is 5.32 Å². The van der Waals surface area contributed by atoms with Crippen LogP contribution in [-0.4, -0.2) is 41.6 Å². The molecule has 6 nitrogen and oxygen atoms in total. The van der Waals surface area contributed by atoms with E-state index in [1.165, 1.54) is 0 Å². The van der Waals surface area contributed by atoms with Gasteiger partial charge in [-0.3, -0.25) is 14.5 Å². The van der Waals surface area contributed by atoms with Crippen molar-refractivity contribution in [1.29, 1.82) is 0 Å². The predicted octanol–water partition coefficient (Wildman–Crippen LogP) is 4.88. The van der Waals surface area contributed by atoms with Crippen molar-refractivity contribution in [3.05, 3.63) is 71.3 Å². The number of para-hydroxylation sites is 1. The van der Waals surface area contributed by atoms with Crippen LogP contribution in [0.4, 0.5) is 5.69 Å². The van der Waals surface area contributed by atoms with Gasteiger partial charge >= 0.3 is 5.97 Å². The van der Waals surface area contributed by atoms with Gasteiger partial charge in [0, 0.05) is 17.8 Å². The minimum Gasteiger partial charge on any atom is -0.507 e. The molecule has 1 fully saturated rings. The van der Waals surface area contributed by atoms with Crippen molar-refractivity contribution in [2.45, 2.75) is 33.2 Å². The fourth-order valence-electron chi connectivity index (χ4n) is 4.46. The van der Waals surface area contributed by atoms with Gasteiger partial charge in [-0.25, -0.2) is 0 Å². The van der Waals surface area contributed by atoms with Crippen LogP contribution in [0.15, 0.2) is 54.6 Å². The summed E-state index contributed by atoms with van der Waals surface area (Å²) < 4.78 is 5.17. The Morgan fingerprint density at radius 3 is 2.52 bits per heavy atom. The summed E-state index contributed by atoms with van der Waals surface area (Å²) in [6, 6.07) is 17.1. The molecule has 1 aliphatic rings. The van der Waals surface area contributed by atoms with Crippen LogP contribution in [0.1, 0.15) is 41.3 Å². The maximum Gasteiger partial charge on any atom is 0.309 e. The average Bonchev–Trinajstić information content (AvgIpc) is 2.82. The number of esters is 1. The highest BCUT2D eigenvalue weighted by molar-refractivity contribution is 6.09. The Hall–Kier alpha value is -3.38. The number of benzene rings is 3. The number of hydrogen-bond acceptors (Lipinski definition) is 5. The van der Waals surface area contributed by atoms with Crippen LogP contribution in [0, 0.1) is 12.8 Å². The number of aryl methyl sites for hydroxylation is 1. The monoisotopic (exact) mass is 446 g/mol. The molecule has 0 bridgehead atoms. The summed E-state index contributed by atoms with van der Waals surface area (Å²) in [5.41, 5.74) is 2.67. The van der Waals surface area contributed by atoms with Crippen molar-refractivity contribution in [2.75, 3.05) is 25.0 Å². The number of phenols is 1. The van der Waals surface area contributed by atoms with E-state index in [1.807, 2.05) is 62.4 Å². The van der Waals surface area contributed by atoms with Gasteiger partial charge in [0.2, 0.25) is 0 Å². The maximum absolute atomic E-state index is 13.1. The molecular formula is C27H30N2O4. The second kappa shape index (κ2) is 10.0. The number of amides is 1. The summed E-state index contributed by atoms with van der Waals surface area (Å²) in [7, 11) is 0. The van der Waals surface area contributed by atoms with Crippen molar-refractivity contribution in [1.82, 2.24) is 4.90 Å². The van der Waals surface area contributed by atoms with Gasteiger partial charge in [0.15, 0.2) is 0 Å². The molecule has 3 aromatic rings. The van der Waals surface area contributed by atoms with E-state index in [0.717, 1.165) is 53.5 Å². The number of fused-ring (bicyclic) bond motifs is 1. The van der Waals surface area contributed by atoms with E-state index in [2.05, 4.69) is 10.2 Å². The lowest BCUT2D eigenvalue weighted by Crippen LogP contribution is -2.36. The maximum atomic E-state index is 13.1. The molecule has 0 aliphatic carbocycles. The van der Waals surface area contributed by atoms with E-state index >= 15 is 0 Å². The number of hydrogen-bond donors (Lipinski definition) is 2. The van der Waals surface area contributed by atoms with Crippen molar-refractivity contribution >= 4 is 28.3 Å². The number of anilines is 1. The van der Waals surface area contributed by atoms with Gasteiger partial charge in [-0.2, -0.15) is 0 Å². The second-order valence-corrected chi connectivity index (χ2v) is 8.54. The molecule has 3 aromatic carbocycles. The SMILES string of the molecule is CCOC(=O)C1CCN(Cc2c(O)c(C(=O)Nc3ccccc3C)cc3ccccc23)CC1. The zero-order valence-electron chi connectivity index (χ0n) is 19.1. The largest absolute Gasteiger partial charge is 0.507 e. The third kappa shape index (κ3) is 5.01. The third-order valence-corrected chi connectivity index (χ3v) is 6.35. The molecule has 0 atom stereocenters. The van der Waals surface area contributed by atoms with Crippen LogP contribution >= 0.6 is 0 Å². The van der Waals surface area contributed by atoms with E-state index in [-0.39, 0.29) is 29.1 Å². The lowest BCUT2D eigenvalue weighted by molar-refractivity contribution is -0.149. The summed E-state index contributed by atoms with van der Waals surface area (Å²) in [6.07, 6.45) is 1.45. The van der Waals surface area contributed by atoms with Crippen molar-refractivity contribution in [3.8, 4) is 5.75 Å². The van der Waals surface area contributed by atoms with Crippen LogP contribution in [0.25, 0.3) is 10.8 Å². The van der Waals surface area contributed by atoms with Gasteiger partial charge in [0.05, 0.1) is 18.1 Å². The van der Waals surface area contributed by atoms with E-state index < -0.39 is 0 Å². The first-order valence-electron chi connectivity index (χ1n) is 11.5. The number of carbonyl (C=O) groups is 2. The average molecular weight is 447 g/mol. The highest BCUT2D eigenvalue weighted by atomic mass is 16.5. The zero-order chi connectivity index (χ0) is 23.4. The fraction of sp³-hybridized carbons (Fsp3) is 0.333. The van der Waals surface area contributed by atoms with Crippen molar-refractivity contribution in [3.63, 3.8) is 0 Å². The lowest BCUT2D eigenvalue weighted by atomic mass is 9.94.